The molecule has 0 spiro atoms. The number of rotatable bonds is 7. The van der Waals surface area contributed by atoms with Crippen LogP contribution in [-0.2, 0) is 17.6 Å². The first-order valence-corrected chi connectivity index (χ1v) is 11.6. The van der Waals surface area contributed by atoms with Gasteiger partial charge in [0.25, 0.3) is 0 Å². The van der Waals surface area contributed by atoms with Crippen LogP contribution in [0.4, 0.5) is 5.69 Å². The van der Waals surface area contributed by atoms with E-state index in [-0.39, 0.29) is 22.2 Å². The second-order valence-corrected chi connectivity index (χ2v) is 8.71. The summed E-state index contributed by atoms with van der Waals surface area (Å²) in [6.07, 6.45) is 2.48. The fourth-order valence-electron chi connectivity index (χ4n) is 4.29. The fourth-order valence-corrected chi connectivity index (χ4v) is 4.45. The number of hydrogen-bond donors (Lipinski definition) is 0. The van der Waals surface area contributed by atoms with Crippen LogP contribution in [0.3, 0.4) is 0 Å². The third-order valence-electron chi connectivity index (χ3n) is 5.98. The molecule has 0 aliphatic heterocycles. The molecule has 0 N–H and O–H groups in total. The molecule has 0 saturated carbocycles. The van der Waals surface area contributed by atoms with Gasteiger partial charge in [-0.25, -0.2) is 4.79 Å². The topological polar surface area (TPSA) is 109 Å². The second-order valence-electron chi connectivity index (χ2n) is 8.28. The van der Waals surface area contributed by atoms with E-state index < -0.39 is 17.5 Å². The van der Waals surface area contributed by atoms with Crippen molar-refractivity contribution in [3.63, 3.8) is 0 Å². The Morgan fingerprint density at radius 2 is 1.81 bits per heavy atom. The summed E-state index contributed by atoms with van der Waals surface area (Å²) in [6, 6.07) is 17.5. The van der Waals surface area contributed by atoms with Crippen LogP contribution in [0.5, 0.6) is 11.5 Å². The molecule has 0 amide bonds. The highest BCUT2D eigenvalue weighted by molar-refractivity contribution is 6.30. The number of benzene rings is 3. The molecule has 0 fully saturated rings. The summed E-state index contributed by atoms with van der Waals surface area (Å²) >= 11 is 5.83. The summed E-state index contributed by atoms with van der Waals surface area (Å²) in [7, 11) is 0. The van der Waals surface area contributed by atoms with Crippen LogP contribution in [0.2, 0.25) is 5.02 Å². The lowest BCUT2D eigenvalue weighted by atomic mass is 10.0. The van der Waals surface area contributed by atoms with Crippen molar-refractivity contribution in [1.82, 2.24) is 4.98 Å². The predicted molar refractivity (Wildman–Crippen MR) is 133 cm³/mol. The largest absolute Gasteiger partial charge is 0.454 e. The minimum Gasteiger partial charge on any atom is -0.454 e. The van der Waals surface area contributed by atoms with Gasteiger partial charge in [0.2, 0.25) is 5.75 Å². The molecule has 8 nitrogen and oxygen atoms in total. The van der Waals surface area contributed by atoms with E-state index in [0.717, 1.165) is 36.0 Å². The van der Waals surface area contributed by atoms with Crippen molar-refractivity contribution in [2.45, 2.75) is 19.3 Å². The molecule has 4 aromatic rings. The number of pyridine rings is 1. The van der Waals surface area contributed by atoms with Gasteiger partial charge in [-0.15, -0.1) is 0 Å². The molecular formula is C27H19ClN2O6. The van der Waals surface area contributed by atoms with Crippen molar-refractivity contribution in [3.05, 3.63) is 104 Å². The van der Waals surface area contributed by atoms with E-state index in [2.05, 4.69) is 4.98 Å². The lowest BCUT2D eigenvalue weighted by Gasteiger charge is -2.12. The van der Waals surface area contributed by atoms with E-state index in [0.29, 0.717) is 22.3 Å². The zero-order chi connectivity index (χ0) is 25.2. The molecule has 3 aromatic carbocycles. The molecule has 1 aromatic heterocycles. The van der Waals surface area contributed by atoms with Crippen LogP contribution in [0.15, 0.2) is 66.7 Å². The highest BCUT2D eigenvalue weighted by Crippen LogP contribution is 2.34. The summed E-state index contributed by atoms with van der Waals surface area (Å²) in [5.74, 6) is -0.611. The van der Waals surface area contributed by atoms with Gasteiger partial charge in [0.15, 0.2) is 12.4 Å². The van der Waals surface area contributed by atoms with Crippen LogP contribution in [0.1, 0.15) is 38.4 Å². The SMILES string of the molecule is O=C(COC(=O)c1c2c(nc3ccccc13)CCC2)c1ccc(Oc2ccc(Cl)cc2[N+](=O)[O-])cc1. The lowest BCUT2D eigenvalue weighted by molar-refractivity contribution is -0.385. The summed E-state index contributed by atoms with van der Waals surface area (Å²) in [5, 5.41) is 12.2. The number of halogens is 1. The number of fused-ring (bicyclic) bond motifs is 2. The minimum atomic E-state index is -0.588. The van der Waals surface area contributed by atoms with E-state index in [1.165, 1.54) is 42.5 Å². The molecule has 36 heavy (non-hydrogen) atoms. The Kier molecular flexibility index (Phi) is 6.35. The molecule has 1 heterocycles. The van der Waals surface area contributed by atoms with Crippen molar-refractivity contribution >= 4 is 39.9 Å². The molecule has 0 atom stereocenters. The van der Waals surface area contributed by atoms with Gasteiger partial charge in [-0.1, -0.05) is 29.8 Å². The number of carbonyl (C=O) groups is 2. The number of esters is 1. The first-order valence-electron chi connectivity index (χ1n) is 11.2. The van der Waals surface area contributed by atoms with E-state index in [9.17, 15) is 19.7 Å². The van der Waals surface area contributed by atoms with Crippen molar-refractivity contribution in [1.29, 1.82) is 0 Å². The maximum Gasteiger partial charge on any atom is 0.339 e. The standard InChI is InChI=1S/C27H19ClN2O6/c28-17-10-13-25(23(14-17)30(33)34)36-18-11-8-16(9-12-18)24(31)15-35-27(32)26-19-4-1-2-6-21(19)29-22-7-3-5-20(22)26/h1-2,4,6,8-14H,3,5,7,15H2. The van der Waals surface area contributed by atoms with Gasteiger partial charge in [0.1, 0.15) is 5.75 Å². The second kappa shape index (κ2) is 9.75. The maximum atomic E-state index is 13.0. The van der Waals surface area contributed by atoms with Gasteiger partial charge in [0.05, 0.1) is 16.0 Å². The number of carbonyl (C=O) groups excluding carboxylic acids is 2. The number of nitrogens with zero attached hydrogens (tertiary/aromatic N) is 2. The Morgan fingerprint density at radius 3 is 2.58 bits per heavy atom. The molecule has 9 heteroatoms. The number of hydrogen-bond acceptors (Lipinski definition) is 7. The normalized spacial score (nSPS) is 12.2. The minimum absolute atomic E-state index is 0.0227. The Morgan fingerprint density at radius 1 is 1.03 bits per heavy atom. The van der Waals surface area contributed by atoms with Gasteiger partial charge in [-0.3, -0.25) is 19.9 Å². The molecule has 1 aliphatic rings. The molecular weight excluding hydrogens is 484 g/mol. The van der Waals surface area contributed by atoms with Crippen LogP contribution in [0.25, 0.3) is 10.9 Å². The lowest BCUT2D eigenvalue weighted by Crippen LogP contribution is -2.16. The van der Waals surface area contributed by atoms with E-state index in [4.69, 9.17) is 21.1 Å². The number of aryl methyl sites for hydroxylation is 1. The van der Waals surface area contributed by atoms with Gasteiger partial charge >= 0.3 is 11.7 Å². The Balaban J connectivity index is 1.29. The summed E-state index contributed by atoms with van der Waals surface area (Å²) < 4.78 is 11.0. The Labute approximate surface area is 210 Å². The monoisotopic (exact) mass is 502 g/mol. The Bertz CT molecular complexity index is 1520. The molecule has 0 saturated heterocycles. The fraction of sp³-hybridized carbons (Fsp3) is 0.148. The van der Waals surface area contributed by atoms with E-state index in [1.807, 2.05) is 24.3 Å². The van der Waals surface area contributed by atoms with Crippen molar-refractivity contribution in [2.75, 3.05) is 6.61 Å². The number of nitro benzene ring substituents is 1. The Hall–Kier alpha value is -4.30. The highest BCUT2D eigenvalue weighted by Gasteiger charge is 2.25. The molecule has 5 rings (SSSR count). The van der Waals surface area contributed by atoms with Crippen LogP contribution in [0, 0.1) is 10.1 Å². The van der Waals surface area contributed by atoms with Gasteiger partial charge in [0, 0.05) is 27.7 Å². The number of para-hydroxylation sites is 1. The zero-order valence-corrected chi connectivity index (χ0v) is 19.7. The van der Waals surface area contributed by atoms with Crippen molar-refractivity contribution < 1.29 is 24.0 Å². The average Bonchev–Trinajstić information content (AvgIpc) is 3.35. The number of aromatic nitrogens is 1. The van der Waals surface area contributed by atoms with E-state index in [1.54, 1.807) is 0 Å². The molecule has 0 unspecified atom stereocenters. The van der Waals surface area contributed by atoms with Crippen molar-refractivity contribution in [3.8, 4) is 11.5 Å². The van der Waals surface area contributed by atoms with E-state index >= 15 is 0 Å². The number of ether oxygens (including phenoxy) is 2. The number of ketones is 1. The third kappa shape index (κ3) is 4.63. The number of nitro groups is 1. The highest BCUT2D eigenvalue weighted by atomic mass is 35.5. The summed E-state index contributed by atoms with van der Waals surface area (Å²) in [5.41, 5.74) is 3.05. The molecule has 1 aliphatic carbocycles. The molecule has 0 radical (unpaired) electrons. The molecule has 180 valence electrons. The van der Waals surface area contributed by atoms with Crippen LogP contribution < -0.4 is 4.74 Å². The average molecular weight is 503 g/mol. The van der Waals surface area contributed by atoms with Gasteiger partial charge in [-0.2, -0.15) is 0 Å². The summed E-state index contributed by atoms with van der Waals surface area (Å²) in [6.45, 7) is -0.423. The van der Waals surface area contributed by atoms with Gasteiger partial charge < -0.3 is 9.47 Å². The first-order chi connectivity index (χ1) is 17.4. The van der Waals surface area contributed by atoms with Crippen LogP contribution >= 0.6 is 11.6 Å². The smallest absolute Gasteiger partial charge is 0.339 e. The summed E-state index contributed by atoms with van der Waals surface area (Å²) in [4.78, 5) is 41.1. The first kappa shape index (κ1) is 23.4. The maximum absolute atomic E-state index is 13.0. The predicted octanol–water partition coefficient (Wildman–Crippen LogP) is 6.12. The van der Waals surface area contributed by atoms with Crippen LogP contribution in [-0.4, -0.2) is 28.3 Å². The molecule has 0 bridgehead atoms. The number of Topliss-reactive ketones (excluding diaryl/α,β-unsaturated/α-hetero) is 1. The third-order valence-corrected chi connectivity index (χ3v) is 6.21. The zero-order valence-electron chi connectivity index (χ0n) is 18.9. The van der Waals surface area contributed by atoms with Crippen molar-refractivity contribution in [2.24, 2.45) is 0 Å². The quantitative estimate of drug-likeness (QED) is 0.130. The van der Waals surface area contributed by atoms with Gasteiger partial charge in [-0.05, 0) is 67.3 Å².